The van der Waals surface area contributed by atoms with Crippen LogP contribution in [0.15, 0.2) is 65.3 Å². The highest BCUT2D eigenvalue weighted by Gasteiger charge is 2.34. The Balaban J connectivity index is 1.32. The molecule has 36 heavy (non-hydrogen) atoms. The lowest BCUT2D eigenvalue weighted by Crippen LogP contribution is -2.31. The van der Waals surface area contributed by atoms with E-state index in [1.807, 2.05) is 6.92 Å². The molecule has 3 heterocycles. The number of anilines is 3. The Morgan fingerprint density at radius 3 is 2.50 bits per heavy atom. The standard InChI is InChI=1S/C26H23FN6O3/c1-2-11-28-23-21(15-29-26(31-23)30-17-7-5-6-16(27)13-17)22-14-18(36-32-22)10-12-33-24(34)19-8-3-4-9-20(19)25(33)35/h3-9,13-15H,2,10-12H2,1H3,(H2,28,29,30,31). The van der Waals surface area contributed by atoms with Crippen LogP contribution in [0.1, 0.15) is 39.8 Å². The summed E-state index contributed by atoms with van der Waals surface area (Å²) in [6, 6.07) is 14.6. The van der Waals surface area contributed by atoms with E-state index in [1.54, 1.807) is 48.7 Å². The summed E-state index contributed by atoms with van der Waals surface area (Å²) in [5, 5.41) is 10.4. The molecule has 2 aromatic heterocycles. The van der Waals surface area contributed by atoms with Crippen LogP contribution in [0.25, 0.3) is 11.3 Å². The van der Waals surface area contributed by atoms with Gasteiger partial charge in [-0.1, -0.05) is 30.3 Å². The second kappa shape index (κ2) is 9.95. The number of carbonyl (C=O) groups excluding carboxylic acids is 2. The number of hydrogen-bond acceptors (Lipinski definition) is 8. The summed E-state index contributed by atoms with van der Waals surface area (Å²) in [6.45, 7) is 2.88. The number of fused-ring (bicyclic) bond motifs is 1. The minimum absolute atomic E-state index is 0.176. The predicted octanol–water partition coefficient (Wildman–Crippen LogP) is 4.67. The summed E-state index contributed by atoms with van der Waals surface area (Å²) in [5.74, 6) is 0.387. The van der Waals surface area contributed by atoms with Gasteiger partial charge in [-0.05, 0) is 36.8 Å². The van der Waals surface area contributed by atoms with Gasteiger partial charge in [0.1, 0.15) is 23.1 Å². The molecule has 0 spiro atoms. The van der Waals surface area contributed by atoms with Gasteiger partial charge in [0.25, 0.3) is 11.8 Å². The van der Waals surface area contributed by atoms with Crippen LogP contribution in [0.2, 0.25) is 0 Å². The zero-order valence-electron chi connectivity index (χ0n) is 19.5. The van der Waals surface area contributed by atoms with Crippen LogP contribution in [-0.4, -0.2) is 44.9 Å². The maximum atomic E-state index is 13.5. The van der Waals surface area contributed by atoms with Crippen molar-refractivity contribution in [3.63, 3.8) is 0 Å². The van der Waals surface area contributed by atoms with Crippen LogP contribution >= 0.6 is 0 Å². The van der Waals surface area contributed by atoms with Gasteiger partial charge in [-0.25, -0.2) is 9.37 Å². The van der Waals surface area contributed by atoms with Gasteiger partial charge in [0.2, 0.25) is 5.95 Å². The summed E-state index contributed by atoms with van der Waals surface area (Å²) in [6.07, 6.45) is 2.80. The number of nitrogens with zero attached hydrogens (tertiary/aromatic N) is 4. The first-order valence-electron chi connectivity index (χ1n) is 11.6. The number of nitrogens with one attached hydrogen (secondary N) is 2. The Morgan fingerprint density at radius 1 is 1.00 bits per heavy atom. The van der Waals surface area contributed by atoms with Crippen LogP contribution in [-0.2, 0) is 6.42 Å². The Morgan fingerprint density at radius 2 is 1.78 bits per heavy atom. The molecule has 2 N–H and O–H groups in total. The molecule has 0 bridgehead atoms. The maximum absolute atomic E-state index is 13.5. The minimum Gasteiger partial charge on any atom is -0.369 e. The van der Waals surface area contributed by atoms with E-state index < -0.39 is 0 Å². The van der Waals surface area contributed by atoms with Crippen LogP contribution in [0.4, 0.5) is 21.8 Å². The average molecular weight is 487 g/mol. The van der Waals surface area contributed by atoms with E-state index in [4.69, 9.17) is 4.52 Å². The molecule has 2 aromatic carbocycles. The SMILES string of the molecule is CCCNc1nc(Nc2cccc(F)c2)ncc1-c1cc(CCN2C(=O)c3ccccc3C2=O)on1. The first kappa shape index (κ1) is 23.2. The van der Waals surface area contributed by atoms with Gasteiger partial charge in [-0.2, -0.15) is 4.98 Å². The number of rotatable bonds is 9. The molecule has 10 heteroatoms. The van der Waals surface area contributed by atoms with Crippen molar-refractivity contribution in [3.05, 3.63) is 83.5 Å². The first-order valence-corrected chi connectivity index (χ1v) is 11.6. The van der Waals surface area contributed by atoms with Crippen LogP contribution in [0.5, 0.6) is 0 Å². The van der Waals surface area contributed by atoms with E-state index in [2.05, 4.69) is 25.8 Å². The fourth-order valence-corrected chi connectivity index (χ4v) is 3.92. The van der Waals surface area contributed by atoms with Gasteiger partial charge in [0.15, 0.2) is 0 Å². The van der Waals surface area contributed by atoms with E-state index in [-0.39, 0.29) is 24.2 Å². The molecule has 182 valence electrons. The van der Waals surface area contributed by atoms with Crippen molar-refractivity contribution in [1.82, 2.24) is 20.0 Å². The second-order valence-corrected chi connectivity index (χ2v) is 8.25. The Bertz CT molecular complexity index is 1400. The lowest BCUT2D eigenvalue weighted by atomic mass is 10.1. The van der Waals surface area contributed by atoms with E-state index in [0.29, 0.717) is 58.6 Å². The largest absolute Gasteiger partial charge is 0.369 e. The van der Waals surface area contributed by atoms with Gasteiger partial charge in [0.05, 0.1) is 16.7 Å². The molecule has 2 amide bonds. The summed E-state index contributed by atoms with van der Waals surface area (Å²) < 4.78 is 19.0. The van der Waals surface area contributed by atoms with Crippen molar-refractivity contribution < 1.29 is 18.5 Å². The van der Waals surface area contributed by atoms with E-state index in [9.17, 15) is 14.0 Å². The molecule has 0 saturated carbocycles. The number of aromatic nitrogens is 3. The topological polar surface area (TPSA) is 113 Å². The van der Waals surface area contributed by atoms with Crippen molar-refractivity contribution in [3.8, 4) is 11.3 Å². The van der Waals surface area contributed by atoms with Crippen LogP contribution in [0.3, 0.4) is 0 Å². The number of carbonyl (C=O) groups is 2. The lowest BCUT2D eigenvalue weighted by Gasteiger charge is -2.12. The monoisotopic (exact) mass is 486 g/mol. The third-order valence-corrected chi connectivity index (χ3v) is 5.71. The normalized spacial score (nSPS) is 12.7. The zero-order valence-corrected chi connectivity index (χ0v) is 19.5. The molecular formula is C26H23FN6O3. The highest BCUT2D eigenvalue weighted by Crippen LogP contribution is 2.28. The first-order chi connectivity index (χ1) is 17.5. The summed E-state index contributed by atoms with van der Waals surface area (Å²) in [7, 11) is 0. The predicted molar refractivity (Wildman–Crippen MR) is 132 cm³/mol. The summed E-state index contributed by atoms with van der Waals surface area (Å²) in [4.78, 5) is 35.3. The van der Waals surface area contributed by atoms with Gasteiger partial charge in [-0.3, -0.25) is 14.5 Å². The Hall–Kier alpha value is -4.60. The highest BCUT2D eigenvalue weighted by atomic mass is 19.1. The second-order valence-electron chi connectivity index (χ2n) is 8.25. The molecule has 9 nitrogen and oxygen atoms in total. The molecule has 0 fully saturated rings. The van der Waals surface area contributed by atoms with E-state index in [1.165, 1.54) is 17.0 Å². The van der Waals surface area contributed by atoms with Crippen molar-refractivity contribution in [1.29, 1.82) is 0 Å². The molecule has 0 atom stereocenters. The summed E-state index contributed by atoms with van der Waals surface area (Å²) >= 11 is 0. The Kier molecular flexibility index (Phi) is 6.40. The van der Waals surface area contributed by atoms with Crippen molar-refractivity contribution in [2.75, 3.05) is 23.7 Å². The smallest absolute Gasteiger partial charge is 0.261 e. The fourth-order valence-electron chi connectivity index (χ4n) is 3.92. The van der Waals surface area contributed by atoms with E-state index in [0.717, 1.165) is 6.42 Å². The molecular weight excluding hydrogens is 463 g/mol. The molecule has 5 rings (SSSR count). The van der Waals surface area contributed by atoms with Gasteiger partial charge in [-0.15, -0.1) is 0 Å². The molecule has 0 saturated heterocycles. The molecule has 0 radical (unpaired) electrons. The third kappa shape index (κ3) is 4.65. The highest BCUT2D eigenvalue weighted by molar-refractivity contribution is 6.21. The van der Waals surface area contributed by atoms with Gasteiger partial charge < -0.3 is 15.2 Å². The maximum Gasteiger partial charge on any atom is 0.261 e. The number of halogens is 1. The van der Waals surface area contributed by atoms with Crippen LogP contribution in [0, 0.1) is 5.82 Å². The van der Waals surface area contributed by atoms with Gasteiger partial charge in [0, 0.05) is 37.5 Å². The molecule has 0 unspecified atom stereocenters. The minimum atomic E-state index is -0.364. The summed E-state index contributed by atoms with van der Waals surface area (Å²) in [5.41, 5.74) is 2.50. The quantitative estimate of drug-likeness (QED) is 0.328. The lowest BCUT2D eigenvalue weighted by molar-refractivity contribution is 0.0653. The average Bonchev–Trinajstić information content (AvgIpc) is 3.44. The van der Waals surface area contributed by atoms with E-state index >= 15 is 0 Å². The number of imide groups is 1. The fraction of sp³-hybridized carbons (Fsp3) is 0.192. The van der Waals surface area contributed by atoms with Crippen molar-refractivity contribution >= 4 is 29.3 Å². The Labute approximate surface area is 206 Å². The molecule has 4 aromatic rings. The van der Waals surface area contributed by atoms with Crippen molar-refractivity contribution in [2.45, 2.75) is 19.8 Å². The number of amides is 2. The number of benzene rings is 2. The number of hydrogen-bond donors (Lipinski definition) is 2. The third-order valence-electron chi connectivity index (χ3n) is 5.71. The molecule has 0 aliphatic carbocycles. The van der Waals surface area contributed by atoms with Crippen molar-refractivity contribution in [2.24, 2.45) is 0 Å². The zero-order chi connectivity index (χ0) is 25.1. The molecule has 1 aliphatic heterocycles. The van der Waals surface area contributed by atoms with Gasteiger partial charge >= 0.3 is 0 Å². The molecule has 1 aliphatic rings. The van der Waals surface area contributed by atoms with Crippen LogP contribution < -0.4 is 10.6 Å².